The Morgan fingerprint density at radius 3 is 2.95 bits per heavy atom. The first-order chi connectivity index (χ1) is 10.2. The second-order valence-electron chi connectivity index (χ2n) is 4.41. The van der Waals surface area contributed by atoms with Crippen molar-refractivity contribution >= 4 is 21.8 Å². The van der Waals surface area contributed by atoms with E-state index >= 15 is 0 Å². The van der Waals surface area contributed by atoms with Gasteiger partial charge in [-0.15, -0.1) is 0 Å². The van der Waals surface area contributed by atoms with Gasteiger partial charge in [0, 0.05) is 11.0 Å². The molecule has 0 saturated carbocycles. The summed E-state index contributed by atoms with van der Waals surface area (Å²) in [6, 6.07) is 10.9. The topological polar surface area (TPSA) is 77.5 Å². The minimum Gasteiger partial charge on any atom is -0.486 e. The van der Waals surface area contributed by atoms with Gasteiger partial charge in [0.2, 0.25) is 0 Å². The molecule has 0 fully saturated rings. The second-order valence-corrected chi connectivity index (χ2v) is 5.33. The third-order valence-electron chi connectivity index (χ3n) is 2.73. The Labute approximate surface area is 131 Å². The summed E-state index contributed by atoms with van der Waals surface area (Å²) < 4.78 is 12.0. The van der Waals surface area contributed by atoms with E-state index in [1.807, 2.05) is 24.3 Å². The molecular formula is C15H17BrN2O3. The van der Waals surface area contributed by atoms with Gasteiger partial charge < -0.3 is 20.2 Å². The van der Waals surface area contributed by atoms with Crippen LogP contribution in [0.1, 0.15) is 22.7 Å². The van der Waals surface area contributed by atoms with Crippen molar-refractivity contribution in [2.45, 2.75) is 13.0 Å². The van der Waals surface area contributed by atoms with Crippen molar-refractivity contribution < 1.29 is 13.9 Å². The Hall–Kier alpha value is -1.79. The number of amides is 1. The summed E-state index contributed by atoms with van der Waals surface area (Å²) in [5.74, 6) is 1.37. The Morgan fingerprint density at radius 1 is 1.33 bits per heavy atom. The number of nitrogens with two attached hydrogens (primary N) is 1. The van der Waals surface area contributed by atoms with Crippen LogP contribution >= 0.6 is 15.9 Å². The maximum Gasteiger partial charge on any atom is 0.286 e. The van der Waals surface area contributed by atoms with Crippen LogP contribution in [-0.2, 0) is 6.61 Å². The first-order valence-corrected chi connectivity index (χ1v) is 7.43. The van der Waals surface area contributed by atoms with E-state index < -0.39 is 0 Å². The molecule has 0 aliphatic heterocycles. The fourth-order valence-electron chi connectivity index (χ4n) is 1.68. The van der Waals surface area contributed by atoms with E-state index in [9.17, 15) is 4.79 Å². The zero-order chi connectivity index (χ0) is 15.1. The molecule has 0 atom stereocenters. The van der Waals surface area contributed by atoms with Gasteiger partial charge in [-0.3, -0.25) is 4.79 Å². The van der Waals surface area contributed by atoms with Gasteiger partial charge in [0.15, 0.2) is 5.76 Å². The number of nitrogens with one attached hydrogen (secondary N) is 1. The lowest BCUT2D eigenvalue weighted by molar-refractivity contribution is 0.0921. The molecule has 21 heavy (non-hydrogen) atoms. The van der Waals surface area contributed by atoms with Gasteiger partial charge in [-0.2, -0.15) is 0 Å². The number of benzene rings is 1. The van der Waals surface area contributed by atoms with Crippen LogP contribution in [0.3, 0.4) is 0 Å². The third-order valence-corrected chi connectivity index (χ3v) is 3.22. The van der Waals surface area contributed by atoms with Crippen molar-refractivity contribution in [2.24, 2.45) is 5.73 Å². The van der Waals surface area contributed by atoms with Gasteiger partial charge in [-0.25, -0.2) is 0 Å². The highest BCUT2D eigenvalue weighted by molar-refractivity contribution is 9.10. The van der Waals surface area contributed by atoms with Gasteiger partial charge in [0.1, 0.15) is 18.1 Å². The molecule has 1 amide bonds. The zero-order valence-corrected chi connectivity index (χ0v) is 13.1. The fourth-order valence-corrected chi connectivity index (χ4v) is 2.06. The number of hydrogen-bond donors (Lipinski definition) is 2. The monoisotopic (exact) mass is 352 g/mol. The number of hydrogen-bond acceptors (Lipinski definition) is 4. The van der Waals surface area contributed by atoms with Gasteiger partial charge >= 0.3 is 0 Å². The van der Waals surface area contributed by atoms with Crippen molar-refractivity contribution in [1.82, 2.24) is 5.32 Å². The van der Waals surface area contributed by atoms with E-state index in [0.717, 1.165) is 16.6 Å². The molecule has 0 unspecified atom stereocenters. The van der Waals surface area contributed by atoms with Crippen LogP contribution in [0.15, 0.2) is 45.3 Å². The zero-order valence-electron chi connectivity index (χ0n) is 11.5. The molecule has 1 heterocycles. The molecule has 0 aliphatic carbocycles. The summed E-state index contributed by atoms with van der Waals surface area (Å²) in [5, 5.41) is 2.73. The van der Waals surface area contributed by atoms with Crippen molar-refractivity contribution in [3.05, 3.63) is 52.4 Å². The Morgan fingerprint density at radius 2 is 2.19 bits per heavy atom. The maximum absolute atomic E-state index is 11.8. The van der Waals surface area contributed by atoms with Gasteiger partial charge in [0.05, 0.1) is 0 Å². The van der Waals surface area contributed by atoms with Crippen LogP contribution < -0.4 is 15.8 Å². The van der Waals surface area contributed by atoms with Crippen LogP contribution in [0.25, 0.3) is 0 Å². The van der Waals surface area contributed by atoms with E-state index in [4.69, 9.17) is 14.9 Å². The Bertz CT molecular complexity index is 598. The first-order valence-electron chi connectivity index (χ1n) is 6.64. The summed E-state index contributed by atoms with van der Waals surface area (Å²) in [5.41, 5.74) is 5.37. The summed E-state index contributed by atoms with van der Waals surface area (Å²) >= 11 is 3.38. The lowest BCUT2D eigenvalue weighted by Crippen LogP contribution is -2.25. The van der Waals surface area contributed by atoms with E-state index in [1.165, 1.54) is 0 Å². The maximum atomic E-state index is 11.8. The average Bonchev–Trinajstić information content (AvgIpc) is 2.94. The molecule has 0 aliphatic rings. The second kappa shape index (κ2) is 7.85. The van der Waals surface area contributed by atoms with E-state index in [-0.39, 0.29) is 18.3 Å². The minimum atomic E-state index is -0.239. The number of ether oxygens (including phenoxy) is 1. The van der Waals surface area contributed by atoms with Crippen LogP contribution in [0.5, 0.6) is 5.75 Å². The lowest BCUT2D eigenvalue weighted by Gasteiger charge is -2.04. The lowest BCUT2D eigenvalue weighted by atomic mass is 10.3. The molecule has 2 rings (SSSR count). The molecule has 0 spiro atoms. The largest absolute Gasteiger partial charge is 0.486 e. The molecule has 5 nitrogen and oxygen atoms in total. The molecule has 0 radical (unpaired) electrons. The van der Waals surface area contributed by atoms with E-state index in [2.05, 4.69) is 21.2 Å². The predicted molar refractivity (Wildman–Crippen MR) is 83.2 cm³/mol. The molecule has 0 bridgehead atoms. The van der Waals surface area contributed by atoms with Gasteiger partial charge in [0.25, 0.3) is 5.91 Å². The smallest absolute Gasteiger partial charge is 0.286 e. The molecule has 1 aromatic heterocycles. The molecule has 0 saturated heterocycles. The number of carbonyl (C=O) groups is 1. The van der Waals surface area contributed by atoms with Crippen LogP contribution in [-0.4, -0.2) is 19.0 Å². The highest BCUT2D eigenvalue weighted by atomic mass is 79.9. The highest BCUT2D eigenvalue weighted by Gasteiger charge is 2.10. The highest BCUT2D eigenvalue weighted by Crippen LogP contribution is 2.19. The third kappa shape index (κ3) is 4.91. The SMILES string of the molecule is NCCCNC(=O)c1ccc(COc2cccc(Br)c2)o1. The van der Waals surface area contributed by atoms with Gasteiger partial charge in [-0.1, -0.05) is 22.0 Å². The standard InChI is InChI=1S/C15H17BrN2O3/c16-11-3-1-4-12(9-11)20-10-13-5-6-14(21-13)15(19)18-8-2-7-17/h1,3-6,9H,2,7-8,10,17H2,(H,18,19). The number of furan rings is 1. The molecule has 1 aromatic carbocycles. The van der Waals surface area contributed by atoms with Crippen molar-refractivity contribution in [3.8, 4) is 5.75 Å². The normalized spacial score (nSPS) is 10.4. The summed E-state index contributed by atoms with van der Waals surface area (Å²) in [4.78, 5) is 11.8. The number of halogens is 1. The molecule has 3 N–H and O–H groups in total. The first kappa shape index (κ1) is 15.6. The minimum absolute atomic E-state index is 0.239. The van der Waals surface area contributed by atoms with Gasteiger partial charge in [-0.05, 0) is 43.3 Å². The Balaban J connectivity index is 1.86. The van der Waals surface area contributed by atoms with Crippen molar-refractivity contribution in [3.63, 3.8) is 0 Å². The molecule has 112 valence electrons. The van der Waals surface area contributed by atoms with Crippen LogP contribution in [0.4, 0.5) is 0 Å². The predicted octanol–water partition coefficient (Wildman–Crippen LogP) is 2.70. The summed E-state index contributed by atoms with van der Waals surface area (Å²) in [7, 11) is 0. The Kier molecular flexibility index (Phi) is 5.83. The number of carbonyl (C=O) groups excluding carboxylic acids is 1. The summed E-state index contributed by atoms with van der Waals surface area (Å²) in [6.45, 7) is 1.36. The molecule has 2 aromatic rings. The average molecular weight is 353 g/mol. The van der Waals surface area contributed by atoms with Crippen molar-refractivity contribution in [2.75, 3.05) is 13.1 Å². The molecular weight excluding hydrogens is 336 g/mol. The van der Waals surface area contributed by atoms with Crippen molar-refractivity contribution in [1.29, 1.82) is 0 Å². The number of rotatable bonds is 7. The van der Waals surface area contributed by atoms with E-state index in [1.54, 1.807) is 12.1 Å². The van der Waals surface area contributed by atoms with Crippen LogP contribution in [0.2, 0.25) is 0 Å². The quantitative estimate of drug-likeness (QED) is 0.751. The fraction of sp³-hybridized carbons (Fsp3) is 0.267. The summed E-state index contributed by atoms with van der Waals surface area (Å²) in [6.07, 6.45) is 0.741. The molecule has 6 heteroatoms. The van der Waals surface area contributed by atoms with Crippen LogP contribution in [0, 0.1) is 0 Å². The van der Waals surface area contributed by atoms with E-state index in [0.29, 0.717) is 18.8 Å².